The zero-order valence-corrected chi connectivity index (χ0v) is 13.8. The average molecular weight is 372 g/mol. The highest BCUT2D eigenvalue weighted by atomic mass is 16.6. The van der Waals surface area contributed by atoms with E-state index in [4.69, 9.17) is 0 Å². The van der Waals surface area contributed by atoms with Crippen LogP contribution in [0.1, 0.15) is 29.3 Å². The fourth-order valence-electron chi connectivity index (χ4n) is 3.27. The second-order valence-corrected chi connectivity index (χ2v) is 6.20. The van der Waals surface area contributed by atoms with Crippen LogP contribution in [0.2, 0.25) is 0 Å². The quantitative estimate of drug-likeness (QED) is 0.610. The Hall–Kier alpha value is -3.66. The third-order valence-electron chi connectivity index (χ3n) is 4.37. The first-order chi connectivity index (χ1) is 12.6. The number of hydrogen-bond donors (Lipinski definition) is 2. The van der Waals surface area contributed by atoms with Crippen molar-refractivity contribution < 1.29 is 29.6 Å². The van der Waals surface area contributed by atoms with Crippen LogP contribution in [0.3, 0.4) is 0 Å². The monoisotopic (exact) mass is 372 g/mol. The lowest BCUT2D eigenvalue weighted by molar-refractivity contribution is -0.385. The molecule has 138 valence electrons. The molecular formula is C17H12N2O8. The third kappa shape index (κ3) is 2.72. The summed E-state index contributed by atoms with van der Waals surface area (Å²) in [5.41, 5.74) is -4.01. The number of hydrogen-bond acceptors (Lipinski definition) is 8. The van der Waals surface area contributed by atoms with Crippen LogP contribution in [0.25, 0.3) is 11.1 Å². The zero-order valence-electron chi connectivity index (χ0n) is 13.8. The summed E-state index contributed by atoms with van der Waals surface area (Å²) in [6.45, 7) is 1.13. The van der Waals surface area contributed by atoms with Crippen LogP contribution >= 0.6 is 0 Å². The lowest BCUT2D eigenvalue weighted by atomic mass is 9.72. The van der Waals surface area contributed by atoms with Crippen molar-refractivity contribution in [3.63, 3.8) is 0 Å². The number of Topliss-reactive ketones (excluding diaryl/α,β-unsaturated/α-hetero) is 2. The van der Waals surface area contributed by atoms with E-state index in [-0.39, 0.29) is 22.3 Å². The molecule has 2 N–H and O–H groups in total. The number of ketones is 2. The summed E-state index contributed by atoms with van der Waals surface area (Å²) >= 11 is 0. The van der Waals surface area contributed by atoms with Gasteiger partial charge in [0.25, 0.3) is 11.4 Å². The molecule has 0 saturated carbocycles. The van der Waals surface area contributed by atoms with Gasteiger partial charge in [0.1, 0.15) is 11.5 Å². The van der Waals surface area contributed by atoms with Gasteiger partial charge in [0.2, 0.25) is 0 Å². The predicted octanol–water partition coefficient (Wildman–Crippen LogP) is 2.24. The summed E-state index contributed by atoms with van der Waals surface area (Å²) in [5, 5.41) is 43.4. The molecule has 10 nitrogen and oxygen atoms in total. The van der Waals surface area contributed by atoms with Gasteiger partial charge in [-0.25, -0.2) is 0 Å². The zero-order chi connectivity index (χ0) is 20.1. The Morgan fingerprint density at radius 2 is 1.70 bits per heavy atom. The van der Waals surface area contributed by atoms with Crippen molar-refractivity contribution in [1.29, 1.82) is 0 Å². The number of aromatic hydroxyl groups is 1. The lowest BCUT2D eigenvalue weighted by Crippen LogP contribution is -2.41. The number of nitro benzene ring substituents is 2. The Kier molecular flexibility index (Phi) is 4.00. The van der Waals surface area contributed by atoms with E-state index in [0.717, 1.165) is 31.2 Å². The molecule has 27 heavy (non-hydrogen) atoms. The van der Waals surface area contributed by atoms with Gasteiger partial charge in [-0.1, -0.05) is 0 Å². The molecular weight excluding hydrogens is 360 g/mol. The number of fused-ring (bicyclic) bond motifs is 3. The van der Waals surface area contributed by atoms with Crippen molar-refractivity contribution in [3.8, 4) is 16.9 Å². The molecule has 0 bridgehead atoms. The number of nitro groups is 2. The molecule has 0 aliphatic heterocycles. The number of non-ortho nitro benzene ring substituents is 2. The minimum absolute atomic E-state index is 0.0753. The standard InChI is InChI=1S/C17H12N2O8/c1-8(20)7-17(23)13-5-9(18(24)25)2-3-11(13)15-12(16(17)22)4-10(19(26)27)6-14(15)21/h2-6,21,23H,7H2,1H3. The van der Waals surface area contributed by atoms with Crippen molar-refractivity contribution in [2.24, 2.45) is 0 Å². The highest BCUT2D eigenvalue weighted by molar-refractivity contribution is 6.14. The number of benzene rings is 2. The summed E-state index contributed by atoms with van der Waals surface area (Å²) in [6, 6.07) is 5.02. The summed E-state index contributed by atoms with van der Waals surface area (Å²) in [7, 11) is 0. The summed E-state index contributed by atoms with van der Waals surface area (Å²) in [5.74, 6) is -2.21. The Labute approximate surface area is 151 Å². The van der Waals surface area contributed by atoms with Gasteiger partial charge in [0.05, 0.1) is 15.9 Å². The fourth-order valence-corrected chi connectivity index (χ4v) is 3.27. The van der Waals surface area contributed by atoms with Gasteiger partial charge in [-0.05, 0) is 18.6 Å². The van der Waals surface area contributed by atoms with Crippen LogP contribution in [0, 0.1) is 20.2 Å². The molecule has 0 amide bonds. The first-order valence-corrected chi connectivity index (χ1v) is 7.63. The fraction of sp³-hybridized carbons (Fsp3) is 0.176. The second-order valence-electron chi connectivity index (χ2n) is 6.20. The van der Waals surface area contributed by atoms with E-state index in [1.165, 1.54) is 6.07 Å². The molecule has 1 aliphatic carbocycles. The summed E-state index contributed by atoms with van der Waals surface area (Å²) in [4.78, 5) is 45.2. The highest BCUT2D eigenvalue weighted by Gasteiger charge is 2.47. The number of rotatable bonds is 4. The highest BCUT2D eigenvalue weighted by Crippen LogP contribution is 2.49. The van der Waals surface area contributed by atoms with E-state index in [0.29, 0.717) is 0 Å². The molecule has 0 aromatic heterocycles. The topological polar surface area (TPSA) is 161 Å². The number of phenols is 1. The Bertz CT molecular complexity index is 1050. The summed E-state index contributed by atoms with van der Waals surface area (Å²) in [6.07, 6.45) is -0.678. The minimum atomic E-state index is -2.44. The molecule has 0 heterocycles. The maximum Gasteiger partial charge on any atom is 0.273 e. The van der Waals surface area contributed by atoms with Crippen molar-refractivity contribution in [2.75, 3.05) is 0 Å². The van der Waals surface area contributed by atoms with E-state index in [1.807, 2.05) is 0 Å². The first kappa shape index (κ1) is 18.1. The molecule has 3 rings (SSSR count). The number of aliphatic hydroxyl groups is 1. The van der Waals surface area contributed by atoms with Gasteiger partial charge < -0.3 is 10.2 Å². The largest absolute Gasteiger partial charge is 0.507 e. The predicted molar refractivity (Wildman–Crippen MR) is 90.4 cm³/mol. The number of carbonyl (C=O) groups excluding carboxylic acids is 2. The summed E-state index contributed by atoms with van der Waals surface area (Å²) < 4.78 is 0. The third-order valence-corrected chi connectivity index (χ3v) is 4.37. The minimum Gasteiger partial charge on any atom is -0.507 e. The molecule has 2 aromatic carbocycles. The van der Waals surface area contributed by atoms with E-state index in [2.05, 4.69) is 0 Å². The van der Waals surface area contributed by atoms with Gasteiger partial charge in [0, 0.05) is 41.3 Å². The van der Waals surface area contributed by atoms with E-state index < -0.39 is 50.6 Å². The van der Waals surface area contributed by atoms with Crippen molar-refractivity contribution >= 4 is 22.9 Å². The Morgan fingerprint density at radius 1 is 1.07 bits per heavy atom. The van der Waals surface area contributed by atoms with Gasteiger partial charge in [-0.2, -0.15) is 0 Å². The van der Waals surface area contributed by atoms with Crippen LogP contribution < -0.4 is 0 Å². The Balaban J connectivity index is 2.41. The van der Waals surface area contributed by atoms with Gasteiger partial charge in [-0.3, -0.25) is 29.8 Å². The molecule has 0 radical (unpaired) electrons. The van der Waals surface area contributed by atoms with E-state index in [9.17, 15) is 40.0 Å². The normalized spacial score (nSPS) is 17.8. The lowest BCUT2D eigenvalue weighted by Gasteiger charge is -2.33. The maximum absolute atomic E-state index is 12.9. The molecule has 0 saturated heterocycles. The molecule has 1 atom stereocenters. The number of carbonyl (C=O) groups is 2. The molecule has 2 aromatic rings. The first-order valence-electron chi connectivity index (χ1n) is 7.63. The molecule has 1 unspecified atom stereocenters. The van der Waals surface area contributed by atoms with Crippen LogP contribution in [0.5, 0.6) is 5.75 Å². The number of phenolic OH excluding ortho intramolecular Hbond substituents is 1. The van der Waals surface area contributed by atoms with Gasteiger partial charge in [0.15, 0.2) is 11.4 Å². The average Bonchev–Trinajstić information content (AvgIpc) is 2.58. The van der Waals surface area contributed by atoms with Crippen molar-refractivity contribution in [2.45, 2.75) is 18.9 Å². The van der Waals surface area contributed by atoms with E-state index >= 15 is 0 Å². The van der Waals surface area contributed by atoms with Crippen molar-refractivity contribution in [3.05, 3.63) is 61.7 Å². The molecule has 10 heteroatoms. The second kappa shape index (κ2) is 5.95. The smallest absolute Gasteiger partial charge is 0.273 e. The maximum atomic E-state index is 12.9. The Morgan fingerprint density at radius 3 is 2.26 bits per heavy atom. The molecule has 1 aliphatic rings. The van der Waals surface area contributed by atoms with Crippen LogP contribution in [0.15, 0.2) is 30.3 Å². The SMILES string of the molecule is CC(=O)CC1(O)C(=O)c2cc([N+](=O)[O-])cc(O)c2-c2ccc([N+](=O)[O-])cc21. The van der Waals surface area contributed by atoms with Crippen LogP contribution in [0.4, 0.5) is 11.4 Å². The number of nitrogens with zero attached hydrogens (tertiary/aromatic N) is 2. The van der Waals surface area contributed by atoms with Crippen LogP contribution in [-0.4, -0.2) is 31.6 Å². The van der Waals surface area contributed by atoms with Gasteiger partial charge in [-0.15, -0.1) is 0 Å². The van der Waals surface area contributed by atoms with E-state index in [1.54, 1.807) is 0 Å². The van der Waals surface area contributed by atoms with Crippen molar-refractivity contribution in [1.82, 2.24) is 0 Å². The molecule has 0 spiro atoms. The van der Waals surface area contributed by atoms with Crippen LogP contribution in [-0.2, 0) is 10.4 Å². The molecule has 0 fully saturated rings. The van der Waals surface area contributed by atoms with Gasteiger partial charge >= 0.3 is 0 Å².